The van der Waals surface area contributed by atoms with Crippen LogP contribution in [0.2, 0.25) is 0 Å². The fraction of sp³-hybridized carbons (Fsp3) is 0.842. The van der Waals surface area contributed by atoms with Gasteiger partial charge in [-0.3, -0.25) is 0 Å². The molecule has 0 aliphatic heterocycles. The van der Waals surface area contributed by atoms with Gasteiger partial charge in [-0.05, 0) is 32.1 Å². The predicted octanol–water partition coefficient (Wildman–Crippen LogP) is 7.25. The zero-order valence-corrected chi connectivity index (χ0v) is 13.6. The van der Waals surface area contributed by atoms with Crippen molar-refractivity contribution in [2.24, 2.45) is 0 Å². The Kier molecular flexibility index (Phi) is 17.5. The molecule has 0 aliphatic carbocycles. The van der Waals surface area contributed by atoms with E-state index in [1.54, 1.807) is 0 Å². The summed E-state index contributed by atoms with van der Waals surface area (Å²) < 4.78 is 0. The molecule has 0 rings (SSSR count). The molecule has 0 unspecified atom stereocenters. The molecule has 0 amide bonds. The third kappa shape index (κ3) is 17.7. The van der Waals surface area contributed by atoms with Gasteiger partial charge in [0, 0.05) is 0 Å². The molecule has 0 N–H and O–H groups in total. The highest BCUT2D eigenvalue weighted by Crippen LogP contribution is 2.10. The van der Waals surface area contributed by atoms with Crippen LogP contribution in [0, 0.1) is 6.42 Å². The molecule has 0 heterocycles. The normalized spacial score (nSPS) is 11.5. The van der Waals surface area contributed by atoms with Gasteiger partial charge in [-0.15, -0.1) is 0 Å². The van der Waals surface area contributed by atoms with Gasteiger partial charge >= 0.3 is 0 Å². The Morgan fingerprint density at radius 3 is 1.42 bits per heavy atom. The zero-order chi connectivity index (χ0) is 14.0. The van der Waals surface area contributed by atoms with E-state index in [2.05, 4.69) is 32.4 Å². The maximum Gasteiger partial charge on any atom is -0.0351 e. The van der Waals surface area contributed by atoms with Crippen LogP contribution in [-0.4, -0.2) is 0 Å². The molecule has 0 aromatic rings. The molecule has 0 nitrogen and oxygen atoms in total. The zero-order valence-electron chi connectivity index (χ0n) is 13.6. The van der Waals surface area contributed by atoms with Crippen LogP contribution in [0.25, 0.3) is 0 Å². The largest absolute Gasteiger partial charge is 0.0885 e. The van der Waals surface area contributed by atoms with E-state index in [1.807, 2.05) is 0 Å². The van der Waals surface area contributed by atoms with E-state index in [0.717, 1.165) is 0 Å². The van der Waals surface area contributed by atoms with Crippen molar-refractivity contribution in [3.05, 3.63) is 18.6 Å². The Morgan fingerprint density at radius 2 is 0.947 bits per heavy atom. The number of rotatable bonds is 15. The molecule has 0 aromatic carbocycles. The average molecular weight is 266 g/mol. The van der Waals surface area contributed by atoms with Crippen LogP contribution in [0.15, 0.2) is 12.2 Å². The van der Waals surface area contributed by atoms with E-state index in [4.69, 9.17) is 0 Å². The molecular weight excluding hydrogens is 228 g/mol. The smallest absolute Gasteiger partial charge is 0.0351 e. The van der Waals surface area contributed by atoms with Gasteiger partial charge in [0.25, 0.3) is 0 Å². The van der Waals surface area contributed by atoms with Crippen LogP contribution in [0.3, 0.4) is 0 Å². The Hall–Kier alpha value is -0.260. The molecule has 0 saturated heterocycles. The van der Waals surface area contributed by atoms with Crippen LogP contribution in [0.5, 0.6) is 0 Å². The Labute approximate surface area is 123 Å². The second kappa shape index (κ2) is 17.7. The number of hydrogen-bond acceptors (Lipinski definition) is 0. The van der Waals surface area contributed by atoms with Crippen molar-refractivity contribution in [3.8, 4) is 0 Å². The van der Waals surface area contributed by atoms with E-state index in [1.165, 1.54) is 89.9 Å². The van der Waals surface area contributed by atoms with Crippen LogP contribution in [0.4, 0.5) is 0 Å². The summed E-state index contributed by atoms with van der Waals surface area (Å²) in [5.74, 6) is 0. The maximum absolute atomic E-state index is 2.41. The standard InChI is InChI=1S/C19H37/c1-3-5-7-9-11-13-15-17-19-18-16-14-12-10-8-6-4-2/h3,18-19H,4-17H2,1-2H3. The summed E-state index contributed by atoms with van der Waals surface area (Å²) in [5, 5.41) is 0. The van der Waals surface area contributed by atoms with Crippen molar-refractivity contribution in [1.29, 1.82) is 0 Å². The lowest BCUT2D eigenvalue weighted by molar-refractivity contribution is 0.608. The maximum atomic E-state index is 2.41. The third-order valence-electron chi connectivity index (χ3n) is 3.75. The summed E-state index contributed by atoms with van der Waals surface area (Å²) in [6, 6.07) is 0. The summed E-state index contributed by atoms with van der Waals surface area (Å²) in [4.78, 5) is 0. The highest BCUT2D eigenvalue weighted by molar-refractivity contribution is 4.81. The minimum atomic E-state index is 1.30. The highest BCUT2D eigenvalue weighted by atomic mass is 14.0. The van der Waals surface area contributed by atoms with Gasteiger partial charge in [-0.25, -0.2) is 0 Å². The number of allylic oxidation sites excluding steroid dienone is 2. The van der Waals surface area contributed by atoms with E-state index in [-0.39, 0.29) is 0 Å². The van der Waals surface area contributed by atoms with Crippen molar-refractivity contribution in [2.75, 3.05) is 0 Å². The fourth-order valence-electron chi connectivity index (χ4n) is 2.42. The molecule has 19 heavy (non-hydrogen) atoms. The molecule has 0 heteroatoms. The molecule has 0 atom stereocenters. The lowest BCUT2D eigenvalue weighted by Crippen LogP contribution is -1.79. The predicted molar refractivity (Wildman–Crippen MR) is 89.4 cm³/mol. The molecule has 113 valence electrons. The van der Waals surface area contributed by atoms with E-state index in [9.17, 15) is 0 Å². The molecule has 0 spiro atoms. The quantitative estimate of drug-likeness (QED) is 0.216. The molecule has 0 aromatic heterocycles. The summed E-state index contributed by atoms with van der Waals surface area (Å²) in [5.41, 5.74) is 0. The van der Waals surface area contributed by atoms with Gasteiger partial charge in [0.2, 0.25) is 0 Å². The molecule has 0 fully saturated rings. The number of unbranched alkanes of at least 4 members (excludes halogenated alkanes) is 13. The van der Waals surface area contributed by atoms with Crippen LogP contribution < -0.4 is 0 Å². The highest BCUT2D eigenvalue weighted by Gasteiger charge is 1.90. The summed E-state index contributed by atoms with van der Waals surface area (Å²) in [6.07, 6.45) is 26.6. The minimum Gasteiger partial charge on any atom is -0.0885 e. The lowest BCUT2D eigenvalue weighted by atomic mass is 10.1. The van der Waals surface area contributed by atoms with Gasteiger partial charge in [0.05, 0.1) is 0 Å². The van der Waals surface area contributed by atoms with E-state index >= 15 is 0 Å². The van der Waals surface area contributed by atoms with Crippen molar-refractivity contribution >= 4 is 0 Å². The Bertz CT molecular complexity index is 169. The minimum absolute atomic E-state index is 1.30. The van der Waals surface area contributed by atoms with Gasteiger partial charge in [-0.2, -0.15) is 0 Å². The molecule has 1 radical (unpaired) electrons. The second-order valence-electron chi connectivity index (χ2n) is 5.78. The van der Waals surface area contributed by atoms with E-state index in [0.29, 0.717) is 0 Å². The topological polar surface area (TPSA) is 0 Å². The van der Waals surface area contributed by atoms with Crippen LogP contribution >= 0.6 is 0 Å². The van der Waals surface area contributed by atoms with Gasteiger partial charge in [-0.1, -0.05) is 90.2 Å². The second-order valence-corrected chi connectivity index (χ2v) is 5.78. The first-order chi connectivity index (χ1) is 9.41. The summed E-state index contributed by atoms with van der Waals surface area (Å²) >= 11 is 0. The van der Waals surface area contributed by atoms with Gasteiger partial charge in [0.1, 0.15) is 0 Å². The summed E-state index contributed by atoms with van der Waals surface area (Å²) in [7, 11) is 0. The van der Waals surface area contributed by atoms with Gasteiger partial charge in [0.15, 0.2) is 0 Å². The van der Waals surface area contributed by atoms with Crippen molar-refractivity contribution < 1.29 is 0 Å². The van der Waals surface area contributed by atoms with Crippen LogP contribution in [0.1, 0.15) is 104 Å². The third-order valence-corrected chi connectivity index (χ3v) is 3.75. The molecule has 0 bridgehead atoms. The van der Waals surface area contributed by atoms with Gasteiger partial charge < -0.3 is 0 Å². The lowest BCUT2D eigenvalue weighted by Gasteiger charge is -1.99. The molecular formula is C19H37. The summed E-state index contributed by atoms with van der Waals surface area (Å²) in [6.45, 7) is 4.44. The van der Waals surface area contributed by atoms with E-state index < -0.39 is 0 Å². The van der Waals surface area contributed by atoms with Crippen LogP contribution in [-0.2, 0) is 0 Å². The first-order valence-electron chi connectivity index (χ1n) is 8.84. The Morgan fingerprint density at radius 1 is 0.526 bits per heavy atom. The monoisotopic (exact) mass is 265 g/mol. The van der Waals surface area contributed by atoms with Crippen molar-refractivity contribution in [2.45, 2.75) is 104 Å². The Balaban J connectivity index is 3.01. The average Bonchev–Trinajstić information content (AvgIpc) is 2.43. The first kappa shape index (κ1) is 18.7. The SMILES string of the molecule is C[CH]CCCCCCCC=CCCCCCCCC. The van der Waals surface area contributed by atoms with Crippen molar-refractivity contribution in [1.82, 2.24) is 0 Å². The molecule has 0 aliphatic rings. The van der Waals surface area contributed by atoms with Crippen molar-refractivity contribution in [3.63, 3.8) is 0 Å². The first-order valence-corrected chi connectivity index (χ1v) is 8.84. The fourth-order valence-corrected chi connectivity index (χ4v) is 2.42. The molecule has 0 saturated carbocycles. The number of hydrogen-bond donors (Lipinski definition) is 0.